The van der Waals surface area contributed by atoms with Crippen molar-refractivity contribution in [3.05, 3.63) is 35.6 Å². The maximum atomic E-state index is 13.2. The molecule has 3 rings (SSSR count). The van der Waals surface area contributed by atoms with Crippen molar-refractivity contribution in [3.63, 3.8) is 0 Å². The van der Waals surface area contributed by atoms with E-state index in [1.807, 2.05) is 4.90 Å². The molecular weight excluding hydrogens is 337 g/mol. The van der Waals surface area contributed by atoms with Crippen molar-refractivity contribution in [2.24, 2.45) is 5.92 Å². The summed E-state index contributed by atoms with van der Waals surface area (Å²) >= 11 is 0. The number of likely N-dealkylation sites (tertiary alicyclic amines) is 1. The molecule has 0 bridgehead atoms. The van der Waals surface area contributed by atoms with Gasteiger partial charge in [-0.3, -0.25) is 4.79 Å². The Morgan fingerprint density at radius 3 is 2.54 bits per heavy atom. The van der Waals surface area contributed by atoms with E-state index in [9.17, 15) is 14.0 Å². The van der Waals surface area contributed by atoms with Gasteiger partial charge in [0.25, 0.3) is 0 Å². The summed E-state index contributed by atoms with van der Waals surface area (Å²) in [6.07, 6.45) is 2.23. The number of nitrogens with zero attached hydrogens (tertiary/aromatic N) is 2. The Morgan fingerprint density at radius 2 is 1.85 bits per heavy atom. The van der Waals surface area contributed by atoms with Crippen molar-refractivity contribution in [1.82, 2.24) is 15.1 Å². The van der Waals surface area contributed by atoms with Crippen LogP contribution in [0.2, 0.25) is 0 Å². The number of carbonyl (C=O) groups excluding carboxylic acids is 2. The second-order valence-corrected chi connectivity index (χ2v) is 6.92. The average Bonchev–Trinajstić information content (AvgIpc) is 2.67. The predicted octanol–water partition coefficient (Wildman–Crippen LogP) is 2.00. The average molecular weight is 363 g/mol. The van der Waals surface area contributed by atoms with Gasteiger partial charge in [-0.15, -0.1) is 0 Å². The van der Waals surface area contributed by atoms with Crippen LogP contribution < -0.4 is 5.32 Å². The van der Waals surface area contributed by atoms with E-state index in [0.29, 0.717) is 58.3 Å². The van der Waals surface area contributed by atoms with Gasteiger partial charge in [0.05, 0.1) is 13.2 Å². The molecule has 3 amide bonds. The van der Waals surface area contributed by atoms with Crippen LogP contribution >= 0.6 is 0 Å². The SMILES string of the molecule is O=C(CC1CCN(C(=O)NCc2cccc(F)c2)CC1)N1CCOCC1. The van der Waals surface area contributed by atoms with E-state index in [1.165, 1.54) is 12.1 Å². The van der Waals surface area contributed by atoms with E-state index in [0.717, 1.165) is 18.4 Å². The number of benzene rings is 1. The van der Waals surface area contributed by atoms with E-state index < -0.39 is 0 Å². The van der Waals surface area contributed by atoms with Crippen molar-refractivity contribution in [2.75, 3.05) is 39.4 Å². The predicted molar refractivity (Wildman–Crippen MR) is 94.9 cm³/mol. The lowest BCUT2D eigenvalue weighted by Crippen LogP contribution is -2.45. The molecule has 7 heteroatoms. The van der Waals surface area contributed by atoms with Gasteiger partial charge in [0.1, 0.15) is 5.82 Å². The molecule has 0 spiro atoms. The van der Waals surface area contributed by atoms with E-state index in [4.69, 9.17) is 4.74 Å². The van der Waals surface area contributed by atoms with Crippen LogP contribution in [0.4, 0.5) is 9.18 Å². The molecule has 1 aromatic carbocycles. The van der Waals surface area contributed by atoms with Gasteiger partial charge < -0.3 is 19.9 Å². The standard InChI is InChI=1S/C19H26FN3O3/c20-17-3-1-2-16(12-17)14-21-19(25)23-6-4-15(5-7-23)13-18(24)22-8-10-26-11-9-22/h1-3,12,15H,4-11,13-14H2,(H,21,25). The molecule has 6 nitrogen and oxygen atoms in total. The first kappa shape index (κ1) is 18.6. The first-order valence-electron chi connectivity index (χ1n) is 9.24. The number of morpholine rings is 1. The molecule has 1 N–H and O–H groups in total. The van der Waals surface area contributed by atoms with Gasteiger partial charge in [-0.25, -0.2) is 9.18 Å². The smallest absolute Gasteiger partial charge is 0.317 e. The lowest BCUT2D eigenvalue weighted by molar-refractivity contribution is -0.136. The van der Waals surface area contributed by atoms with Crippen molar-refractivity contribution >= 4 is 11.9 Å². The number of ether oxygens (including phenoxy) is 1. The summed E-state index contributed by atoms with van der Waals surface area (Å²) in [7, 11) is 0. The Kier molecular flexibility index (Phi) is 6.44. The van der Waals surface area contributed by atoms with Crippen LogP contribution in [0, 0.1) is 11.7 Å². The summed E-state index contributed by atoms with van der Waals surface area (Å²) in [4.78, 5) is 28.2. The Labute approximate surface area is 153 Å². The summed E-state index contributed by atoms with van der Waals surface area (Å²) in [6, 6.07) is 6.09. The molecule has 2 heterocycles. The summed E-state index contributed by atoms with van der Waals surface area (Å²) in [5.41, 5.74) is 0.740. The van der Waals surface area contributed by atoms with Gasteiger partial charge in [-0.05, 0) is 36.5 Å². The molecule has 0 saturated carbocycles. The molecule has 0 aliphatic carbocycles. The quantitative estimate of drug-likeness (QED) is 0.890. The molecule has 2 saturated heterocycles. The largest absolute Gasteiger partial charge is 0.378 e. The number of halogens is 1. The van der Waals surface area contributed by atoms with Gasteiger partial charge in [0.2, 0.25) is 5.91 Å². The second kappa shape index (κ2) is 8.98. The molecular formula is C19H26FN3O3. The Balaban J connectivity index is 1.38. The fourth-order valence-corrected chi connectivity index (χ4v) is 3.47. The van der Waals surface area contributed by atoms with Crippen molar-refractivity contribution < 1.29 is 18.7 Å². The number of carbonyl (C=O) groups is 2. The fourth-order valence-electron chi connectivity index (χ4n) is 3.47. The van der Waals surface area contributed by atoms with E-state index in [2.05, 4.69) is 5.32 Å². The van der Waals surface area contributed by atoms with Crippen LogP contribution in [0.5, 0.6) is 0 Å². The normalized spacial score (nSPS) is 18.7. The van der Waals surface area contributed by atoms with Crippen molar-refractivity contribution in [1.29, 1.82) is 0 Å². The lowest BCUT2D eigenvalue weighted by atomic mass is 9.93. The maximum Gasteiger partial charge on any atom is 0.317 e. The van der Waals surface area contributed by atoms with Crippen LogP contribution in [0.15, 0.2) is 24.3 Å². The highest BCUT2D eigenvalue weighted by molar-refractivity contribution is 5.77. The zero-order valence-corrected chi connectivity index (χ0v) is 15.0. The first-order chi connectivity index (χ1) is 12.6. The molecule has 0 aromatic heterocycles. The number of rotatable bonds is 4. The first-order valence-corrected chi connectivity index (χ1v) is 9.24. The minimum atomic E-state index is -0.303. The van der Waals surface area contributed by atoms with Gasteiger partial charge in [0, 0.05) is 39.1 Å². The van der Waals surface area contributed by atoms with Crippen molar-refractivity contribution in [2.45, 2.75) is 25.8 Å². The minimum Gasteiger partial charge on any atom is -0.378 e. The zero-order valence-electron chi connectivity index (χ0n) is 15.0. The van der Waals surface area contributed by atoms with Crippen LogP contribution in [0.25, 0.3) is 0 Å². The van der Waals surface area contributed by atoms with E-state index in [-0.39, 0.29) is 17.8 Å². The Hall–Kier alpha value is -2.15. The molecule has 0 unspecified atom stereocenters. The summed E-state index contributed by atoms with van der Waals surface area (Å²) < 4.78 is 18.4. The summed E-state index contributed by atoms with van der Waals surface area (Å²) in [5.74, 6) is 0.224. The molecule has 0 atom stereocenters. The number of urea groups is 1. The number of amides is 3. The molecule has 2 aliphatic rings. The van der Waals surface area contributed by atoms with Gasteiger partial charge in [-0.2, -0.15) is 0 Å². The number of hydrogen-bond donors (Lipinski definition) is 1. The monoisotopic (exact) mass is 363 g/mol. The highest BCUT2D eigenvalue weighted by Gasteiger charge is 2.26. The van der Waals surface area contributed by atoms with Crippen LogP contribution in [-0.2, 0) is 16.1 Å². The zero-order chi connectivity index (χ0) is 18.4. The molecule has 2 fully saturated rings. The van der Waals surface area contributed by atoms with Crippen LogP contribution in [0.1, 0.15) is 24.8 Å². The van der Waals surface area contributed by atoms with E-state index in [1.54, 1.807) is 17.0 Å². The van der Waals surface area contributed by atoms with Gasteiger partial charge in [0.15, 0.2) is 0 Å². The van der Waals surface area contributed by atoms with Crippen LogP contribution in [0.3, 0.4) is 0 Å². The summed E-state index contributed by atoms with van der Waals surface area (Å²) in [6.45, 7) is 4.21. The molecule has 2 aliphatic heterocycles. The third-order valence-electron chi connectivity index (χ3n) is 5.06. The summed E-state index contributed by atoms with van der Waals surface area (Å²) in [5, 5.41) is 2.83. The highest BCUT2D eigenvalue weighted by atomic mass is 19.1. The van der Waals surface area contributed by atoms with Crippen molar-refractivity contribution in [3.8, 4) is 0 Å². The Bertz CT molecular complexity index is 626. The molecule has 142 valence electrons. The Morgan fingerprint density at radius 1 is 1.12 bits per heavy atom. The topological polar surface area (TPSA) is 61.9 Å². The number of nitrogens with one attached hydrogen (secondary N) is 1. The number of piperidine rings is 1. The number of hydrogen-bond acceptors (Lipinski definition) is 3. The fraction of sp³-hybridized carbons (Fsp3) is 0.579. The molecule has 26 heavy (non-hydrogen) atoms. The highest BCUT2D eigenvalue weighted by Crippen LogP contribution is 2.22. The lowest BCUT2D eigenvalue weighted by Gasteiger charge is -2.33. The van der Waals surface area contributed by atoms with Crippen LogP contribution in [-0.4, -0.2) is 61.1 Å². The third kappa shape index (κ3) is 5.17. The minimum absolute atomic E-state index is 0.132. The molecule has 1 aromatic rings. The third-order valence-corrected chi connectivity index (χ3v) is 5.06. The second-order valence-electron chi connectivity index (χ2n) is 6.92. The van der Waals surface area contributed by atoms with Gasteiger partial charge >= 0.3 is 6.03 Å². The van der Waals surface area contributed by atoms with Gasteiger partial charge in [-0.1, -0.05) is 12.1 Å². The molecule has 0 radical (unpaired) electrons. The maximum absolute atomic E-state index is 13.2. The van der Waals surface area contributed by atoms with E-state index >= 15 is 0 Å².